The quantitative estimate of drug-likeness (QED) is 0.613. The van der Waals surface area contributed by atoms with E-state index in [1.807, 2.05) is 6.07 Å². The second-order valence-corrected chi connectivity index (χ2v) is 10.9. The molecule has 1 aromatic carbocycles. The maximum Gasteiger partial charge on any atom is 0.287 e. The Kier molecular flexibility index (Phi) is 7.42. The van der Waals surface area contributed by atoms with Crippen LogP contribution in [0, 0.1) is 17.2 Å². The first-order valence-corrected chi connectivity index (χ1v) is 12.9. The summed E-state index contributed by atoms with van der Waals surface area (Å²) in [5, 5.41) is 15.7. The predicted octanol–water partition coefficient (Wildman–Crippen LogP) is 2.88. The van der Waals surface area contributed by atoms with E-state index < -0.39 is 27.4 Å². The summed E-state index contributed by atoms with van der Waals surface area (Å²) in [5.74, 6) is -3.91. The number of halogens is 3. The van der Waals surface area contributed by atoms with Gasteiger partial charge in [0.05, 0.1) is 53.6 Å². The molecular formula is C22H24ClF2N5O4S. The van der Waals surface area contributed by atoms with E-state index >= 15 is 0 Å². The van der Waals surface area contributed by atoms with E-state index in [0.29, 0.717) is 18.4 Å². The van der Waals surface area contributed by atoms with Gasteiger partial charge in [-0.2, -0.15) is 14.7 Å². The number of nitrogens with zero attached hydrogens (tertiary/aromatic N) is 4. The van der Waals surface area contributed by atoms with Crippen molar-refractivity contribution in [1.82, 2.24) is 14.1 Å². The zero-order valence-electron chi connectivity index (χ0n) is 18.7. The van der Waals surface area contributed by atoms with Crippen LogP contribution in [0.4, 0.5) is 14.5 Å². The number of nitrogens with one attached hydrogen (secondary N) is 1. The molecule has 0 bridgehead atoms. The van der Waals surface area contributed by atoms with Crippen molar-refractivity contribution in [3.63, 3.8) is 0 Å². The van der Waals surface area contributed by atoms with Gasteiger partial charge in [0.1, 0.15) is 5.02 Å². The molecule has 2 saturated heterocycles. The van der Waals surface area contributed by atoms with Crippen LogP contribution in [0.25, 0.3) is 0 Å². The number of aromatic nitrogens is 2. The van der Waals surface area contributed by atoms with E-state index in [4.69, 9.17) is 21.6 Å². The van der Waals surface area contributed by atoms with E-state index in [2.05, 4.69) is 10.4 Å². The molecule has 0 radical (unpaired) electrons. The molecule has 9 nitrogen and oxygen atoms in total. The van der Waals surface area contributed by atoms with Gasteiger partial charge in [-0.1, -0.05) is 11.6 Å². The fraction of sp³-hybridized carbons (Fsp3) is 0.500. The predicted molar refractivity (Wildman–Crippen MR) is 124 cm³/mol. The van der Waals surface area contributed by atoms with Gasteiger partial charge < -0.3 is 10.1 Å². The minimum Gasteiger partial charge on any atom is -0.382 e. The summed E-state index contributed by atoms with van der Waals surface area (Å²) >= 11 is 6.23. The van der Waals surface area contributed by atoms with Crippen LogP contribution in [0.5, 0.6) is 0 Å². The lowest BCUT2D eigenvalue weighted by Crippen LogP contribution is -2.42. The highest BCUT2D eigenvalue weighted by Crippen LogP contribution is 2.33. The van der Waals surface area contributed by atoms with Crippen LogP contribution in [-0.2, 0) is 14.8 Å². The van der Waals surface area contributed by atoms with Gasteiger partial charge in [0.25, 0.3) is 11.5 Å². The maximum absolute atomic E-state index is 14.0. The second kappa shape index (κ2) is 10.2. The molecule has 2 fully saturated rings. The molecule has 35 heavy (non-hydrogen) atoms. The van der Waals surface area contributed by atoms with Crippen LogP contribution in [0.15, 0.2) is 40.2 Å². The molecule has 2 aromatic rings. The summed E-state index contributed by atoms with van der Waals surface area (Å²) in [7, 11) is -3.74. The van der Waals surface area contributed by atoms with Crippen LogP contribution in [0.1, 0.15) is 30.9 Å². The monoisotopic (exact) mass is 527 g/mol. The first kappa shape index (κ1) is 25.5. The first-order chi connectivity index (χ1) is 16.6. The third kappa shape index (κ3) is 5.33. The van der Waals surface area contributed by atoms with E-state index in [-0.39, 0.29) is 60.9 Å². The third-order valence-electron chi connectivity index (χ3n) is 6.37. The van der Waals surface area contributed by atoms with Gasteiger partial charge in [0.15, 0.2) is 0 Å². The molecule has 1 N–H and O–H groups in total. The van der Waals surface area contributed by atoms with Crippen LogP contribution in [-0.4, -0.2) is 61.3 Å². The number of piperidine rings is 1. The minimum atomic E-state index is -3.74. The SMILES string of the molecule is N#Cc1ccc(S(=O)(=O)N2CCC(n3ncc(NC[C@H]4COCCC4(F)F)c(Cl)c3=O)CC2)cc1. The standard InChI is InChI=1S/C22H24ClF2N5O4S/c23-20-19(27-12-16-14-34-10-7-22(16,24)25)13-28-30(21(20)31)17-5-8-29(9-6-17)35(32,33)18-3-1-15(11-26)2-4-18/h1-4,13,16-17,27H,5-10,12,14H2/t16-/m0/s1. The zero-order chi connectivity index (χ0) is 25.2. The summed E-state index contributed by atoms with van der Waals surface area (Å²) in [6, 6.07) is 7.27. The highest BCUT2D eigenvalue weighted by molar-refractivity contribution is 7.89. The summed E-state index contributed by atoms with van der Waals surface area (Å²) in [6.07, 6.45) is 1.66. The summed E-state index contributed by atoms with van der Waals surface area (Å²) in [5.41, 5.74) is -0.0458. The van der Waals surface area contributed by atoms with Crippen LogP contribution in [0.3, 0.4) is 0 Å². The van der Waals surface area contributed by atoms with Crippen molar-refractivity contribution in [2.75, 3.05) is 38.2 Å². The van der Waals surface area contributed by atoms with Crippen LogP contribution < -0.4 is 10.9 Å². The van der Waals surface area contributed by atoms with Gasteiger partial charge in [0, 0.05) is 26.1 Å². The molecule has 2 aliphatic heterocycles. The first-order valence-electron chi connectivity index (χ1n) is 11.1. The van der Waals surface area contributed by atoms with Gasteiger partial charge in [-0.3, -0.25) is 4.79 Å². The van der Waals surface area contributed by atoms with Gasteiger partial charge in [-0.15, -0.1) is 0 Å². The number of ether oxygens (including phenoxy) is 1. The van der Waals surface area contributed by atoms with Crippen molar-refractivity contribution in [2.24, 2.45) is 5.92 Å². The normalized spacial score (nSPS) is 21.4. The van der Waals surface area contributed by atoms with Crippen molar-refractivity contribution in [3.05, 3.63) is 51.4 Å². The molecule has 1 atom stereocenters. The molecule has 3 heterocycles. The lowest BCUT2D eigenvalue weighted by Gasteiger charge is -2.32. The summed E-state index contributed by atoms with van der Waals surface area (Å²) in [6.45, 7) is 0.149. The molecule has 188 valence electrons. The summed E-state index contributed by atoms with van der Waals surface area (Å²) < 4.78 is 61.6. The number of nitriles is 1. The van der Waals surface area contributed by atoms with E-state index in [1.165, 1.54) is 39.4 Å². The number of alkyl halides is 2. The van der Waals surface area contributed by atoms with E-state index in [0.717, 1.165) is 0 Å². The molecule has 0 spiro atoms. The average molecular weight is 528 g/mol. The highest BCUT2D eigenvalue weighted by atomic mass is 35.5. The van der Waals surface area contributed by atoms with Crippen molar-refractivity contribution in [3.8, 4) is 6.07 Å². The molecule has 0 saturated carbocycles. The third-order valence-corrected chi connectivity index (χ3v) is 8.65. The second-order valence-electron chi connectivity index (χ2n) is 8.56. The van der Waals surface area contributed by atoms with Gasteiger partial charge in [-0.05, 0) is 37.1 Å². The number of benzene rings is 1. The molecule has 2 aliphatic rings. The van der Waals surface area contributed by atoms with E-state index in [1.54, 1.807) is 0 Å². The largest absolute Gasteiger partial charge is 0.382 e. The molecular weight excluding hydrogens is 504 g/mol. The number of rotatable bonds is 6. The van der Waals surface area contributed by atoms with E-state index in [9.17, 15) is 22.0 Å². The highest BCUT2D eigenvalue weighted by Gasteiger charge is 2.42. The smallest absolute Gasteiger partial charge is 0.287 e. The molecule has 0 aliphatic carbocycles. The fourth-order valence-electron chi connectivity index (χ4n) is 4.21. The lowest BCUT2D eigenvalue weighted by molar-refractivity contribution is -0.136. The van der Waals surface area contributed by atoms with Gasteiger partial charge in [-0.25, -0.2) is 21.9 Å². The summed E-state index contributed by atoms with van der Waals surface area (Å²) in [4.78, 5) is 12.9. The Labute approximate surface area is 206 Å². The van der Waals surface area contributed by atoms with Crippen LogP contribution in [0.2, 0.25) is 5.02 Å². The number of hydrogen-bond donors (Lipinski definition) is 1. The molecule has 4 rings (SSSR count). The van der Waals surface area contributed by atoms with Crippen molar-refractivity contribution in [1.29, 1.82) is 5.26 Å². The Balaban J connectivity index is 1.41. The zero-order valence-corrected chi connectivity index (χ0v) is 20.2. The van der Waals surface area contributed by atoms with Gasteiger partial charge >= 0.3 is 0 Å². The van der Waals surface area contributed by atoms with Crippen molar-refractivity contribution >= 4 is 27.3 Å². The Morgan fingerprint density at radius 1 is 1.26 bits per heavy atom. The van der Waals surface area contributed by atoms with Gasteiger partial charge in [0.2, 0.25) is 10.0 Å². The Bertz CT molecular complexity index is 1270. The van der Waals surface area contributed by atoms with Crippen molar-refractivity contribution < 1.29 is 21.9 Å². The number of sulfonamides is 1. The topological polar surface area (TPSA) is 117 Å². The Morgan fingerprint density at radius 3 is 2.57 bits per heavy atom. The molecule has 0 unspecified atom stereocenters. The number of anilines is 1. The Morgan fingerprint density at radius 2 is 1.94 bits per heavy atom. The number of hydrogen-bond acceptors (Lipinski definition) is 7. The molecule has 1 aromatic heterocycles. The average Bonchev–Trinajstić information content (AvgIpc) is 2.85. The Hall–Kier alpha value is -2.59. The maximum atomic E-state index is 14.0. The van der Waals surface area contributed by atoms with Crippen LogP contribution >= 0.6 is 11.6 Å². The van der Waals surface area contributed by atoms with Crippen molar-refractivity contribution in [2.45, 2.75) is 36.1 Å². The molecule has 0 amide bonds. The molecule has 13 heteroatoms. The minimum absolute atomic E-state index is 0.00937. The lowest BCUT2D eigenvalue weighted by atomic mass is 9.97. The fourth-order valence-corrected chi connectivity index (χ4v) is 5.88.